The smallest absolute Gasteiger partial charge is 0.235 e. The molecule has 3 rings (SSSR count). The minimum absolute atomic E-state index is 0.262. The first kappa shape index (κ1) is 20.9. The number of nitrogens with zero attached hydrogens (tertiary/aromatic N) is 3. The van der Waals surface area contributed by atoms with E-state index < -0.39 is 5.92 Å². The molecule has 30 heavy (non-hydrogen) atoms. The van der Waals surface area contributed by atoms with E-state index in [1.165, 1.54) is 7.11 Å². The monoisotopic (exact) mass is 413 g/mol. The maximum absolute atomic E-state index is 13.1. The van der Waals surface area contributed by atoms with Gasteiger partial charge in [-0.2, -0.15) is 5.21 Å². The van der Waals surface area contributed by atoms with Gasteiger partial charge in [0.05, 0.1) is 28.4 Å². The van der Waals surface area contributed by atoms with Crippen molar-refractivity contribution in [2.24, 2.45) is 0 Å². The summed E-state index contributed by atoms with van der Waals surface area (Å²) in [5.41, 5.74) is 1.32. The summed E-state index contributed by atoms with van der Waals surface area (Å²) >= 11 is 0. The molecule has 0 radical (unpaired) electrons. The van der Waals surface area contributed by atoms with Crippen LogP contribution in [-0.4, -0.2) is 55.0 Å². The number of hydrogen-bond donors (Lipinski definition) is 2. The lowest BCUT2D eigenvalue weighted by Crippen LogP contribution is -2.24. The molecule has 2 N–H and O–H groups in total. The molecule has 10 heteroatoms. The molecule has 0 aliphatic carbocycles. The molecule has 1 aromatic heterocycles. The van der Waals surface area contributed by atoms with Gasteiger partial charge in [0.1, 0.15) is 17.4 Å². The zero-order valence-electron chi connectivity index (χ0n) is 17.1. The number of aromatic nitrogens is 4. The van der Waals surface area contributed by atoms with E-state index in [0.717, 1.165) is 5.56 Å². The Hall–Kier alpha value is -3.82. The highest BCUT2D eigenvalue weighted by molar-refractivity contribution is 5.95. The zero-order valence-corrected chi connectivity index (χ0v) is 17.1. The van der Waals surface area contributed by atoms with E-state index in [-0.39, 0.29) is 18.2 Å². The van der Waals surface area contributed by atoms with Crippen LogP contribution in [0.2, 0.25) is 0 Å². The largest absolute Gasteiger partial charge is 0.497 e. The number of hydrogen-bond acceptors (Lipinski definition) is 8. The van der Waals surface area contributed by atoms with Crippen LogP contribution in [0.15, 0.2) is 36.4 Å². The van der Waals surface area contributed by atoms with Gasteiger partial charge in [-0.25, -0.2) is 0 Å². The van der Waals surface area contributed by atoms with E-state index in [4.69, 9.17) is 18.9 Å². The van der Waals surface area contributed by atoms with Gasteiger partial charge in [-0.1, -0.05) is 5.21 Å². The number of anilines is 1. The first-order chi connectivity index (χ1) is 14.6. The van der Waals surface area contributed by atoms with Crippen LogP contribution >= 0.6 is 0 Å². The normalized spacial score (nSPS) is 11.5. The molecule has 158 valence electrons. The number of nitrogens with one attached hydrogen (secondary N) is 2. The molecular weight excluding hydrogens is 390 g/mol. The third kappa shape index (κ3) is 4.59. The number of benzene rings is 2. The number of tetrazole rings is 1. The molecule has 1 heterocycles. The zero-order chi connectivity index (χ0) is 21.5. The number of ether oxygens (including phenoxy) is 4. The van der Waals surface area contributed by atoms with Gasteiger partial charge in [0.15, 0.2) is 17.3 Å². The molecule has 1 atom stereocenters. The number of carbonyl (C=O) groups excluding carboxylic acids is 1. The van der Waals surface area contributed by atoms with Gasteiger partial charge in [0, 0.05) is 11.8 Å². The van der Waals surface area contributed by atoms with Crippen LogP contribution < -0.4 is 24.3 Å². The molecule has 0 bridgehead atoms. The molecule has 1 unspecified atom stereocenters. The van der Waals surface area contributed by atoms with Crippen molar-refractivity contribution in [2.45, 2.75) is 12.3 Å². The molecule has 0 saturated carbocycles. The second-order valence-corrected chi connectivity index (χ2v) is 6.26. The van der Waals surface area contributed by atoms with Gasteiger partial charge in [0.25, 0.3) is 0 Å². The highest BCUT2D eigenvalue weighted by Crippen LogP contribution is 2.32. The van der Waals surface area contributed by atoms with Crippen LogP contribution in [-0.2, 0) is 11.2 Å². The molecule has 3 aromatic rings. The molecule has 0 aliphatic heterocycles. The van der Waals surface area contributed by atoms with E-state index in [0.29, 0.717) is 28.7 Å². The Labute approximate surface area is 173 Å². The minimum Gasteiger partial charge on any atom is -0.497 e. The predicted octanol–water partition coefficient (Wildman–Crippen LogP) is 2.20. The van der Waals surface area contributed by atoms with E-state index in [1.54, 1.807) is 51.7 Å². The fraction of sp³-hybridized carbons (Fsp3) is 0.300. The molecule has 0 fully saturated rings. The van der Waals surface area contributed by atoms with Crippen molar-refractivity contribution in [1.82, 2.24) is 20.6 Å². The second kappa shape index (κ2) is 9.59. The standard InChI is InChI=1S/C20H23N5O5/c1-27-14-6-8-16(28-2)12(9-14)10-15(19-22-24-25-23-19)20(26)21-13-5-7-17(29-3)18(11-13)30-4/h5-9,11,15H,10H2,1-4H3,(H,21,26)(H,22,23,24,25). The Balaban J connectivity index is 1.89. The van der Waals surface area contributed by atoms with Crippen LogP contribution in [0.5, 0.6) is 23.0 Å². The summed E-state index contributed by atoms with van der Waals surface area (Å²) in [7, 11) is 6.22. The quantitative estimate of drug-likeness (QED) is 0.548. The van der Waals surface area contributed by atoms with Crippen LogP contribution in [0.3, 0.4) is 0 Å². The molecule has 2 aromatic carbocycles. The summed E-state index contributed by atoms with van der Waals surface area (Å²) in [6.45, 7) is 0. The van der Waals surface area contributed by atoms with Crippen LogP contribution in [0.1, 0.15) is 17.3 Å². The predicted molar refractivity (Wildman–Crippen MR) is 108 cm³/mol. The third-order valence-corrected chi connectivity index (χ3v) is 4.55. The van der Waals surface area contributed by atoms with Gasteiger partial charge in [-0.15, -0.1) is 10.2 Å². The second-order valence-electron chi connectivity index (χ2n) is 6.26. The fourth-order valence-corrected chi connectivity index (χ4v) is 3.02. The summed E-state index contributed by atoms with van der Waals surface area (Å²) in [4.78, 5) is 13.1. The Morgan fingerprint density at radius 3 is 2.33 bits per heavy atom. The van der Waals surface area contributed by atoms with Crippen molar-refractivity contribution in [3.8, 4) is 23.0 Å². The van der Waals surface area contributed by atoms with Crippen molar-refractivity contribution < 1.29 is 23.7 Å². The van der Waals surface area contributed by atoms with E-state index in [1.807, 2.05) is 6.07 Å². The van der Waals surface area contributed by atoms with E-state index in [2.05, 4.69) is 25.9 Å². The van der Waals surface area contributed by atoms with Crippen molar-refractivity contribution in [2.75, 3.05) is 33.8 Å². The Kier molecular flexibility index (Phi) is 6.68. The molecular formula is C20H23N5O5. The average molecular weight is 413 g/mol. The number of methoxy groups -OCH3 is 4. The van der Waals surface area contributed by atoms with Crippen molar-refractivity contribution in [3.63, 3.8) is 0 Å². The van der Waals surface area contributed by atoms with Gasteiger partial charge in [-0.3, -0.25) is 4.79 Å². The highest BCUT2D eigenvalue weighted by Gasteiger charge is 2.27. The molecule has 0 spiro atoms. The SMILES string of the molecule is COc1ccc(OC)c(CC(C(=O)Nc2ccc(OC)c(OC)c2)c2nn[nH]n2)c1. The Bertz CT molecular complexity index is 993. The fourth-order valence-electron chi connectivity index (χ4n) is 3.02. The summed E-state index contributed by atoms with van der Waals surface area (Å²) in [5.74, 6) is 1.57. The van der Waals surface area contributed by atoms with Crippen LogP contribution in [0, 0.1) is 0 Å². The van der Waals surface area contributed by atoms with E-state index in [9.17, 15) is 4.79 Å². The molecule has 1 amide bonds. The highest BCUT2D eigenvalue weighted by atomic mass is 16.5. The maximum atomic E-state index is 13.1. The number of amides is 1. The Morgan fingerprint density at radius 1 is 0.967 bits per heavy atom. The lowest BCUT2D eigenvalue weighted by Gasteiger charge is -2.17. The van der Waals surface area contributed by atoms with Gasteiger partial charge in [0.2, 0.25) is 5.91 Å². The van der Waals surface area contributed by atoms with Gasteiger partial charge in [-0.05, 0) is 42.3 Å². The molecule has 10 nitrogen and oxygen atoms in total. The van der Waals surface area contributed by atoms with Gasteiger partial charge >= 0.3 is 0 Å². The minimum atomic E-state index is -0.724. The Morgan fingerprint density at radius 2 is 1.70 bits per heavy atom. The van der Waals surface area contributed by atoms with E-state index >= 15 is 0 Å². The number of carbonyl (C=O) groups is 1. The summed E-state index contributed by atoms with van der Waals surface area (Å²) in [6.07, 6.45) is 0.277. The molecule has 0 saturated heterocycles. The average Bonchev–Trinajstić information content (AvgIpc) is 3.31. The summed E-state index contributed by atoms with van der Waals surface area (Å²) in [5, 5.41) is 16.9. The van der Waals surface area contributed by atoms with Crippen LogP contribution in [0.25, 0.3) is 0 Å². The lowest BCUT2D eigenvalue weighted by atomic mass is 9.96. The summed E-state index contributed by atoms with van der Waals surface area (Å²) in [6, 6.07) is 10.5. The first-order valence-corrected chi connectivity index (χ1v) is 9.06. The lowest BCUT2D eigenvalue weighted by molar-refractivity contribution is -0.117. The molecule has 0 aliphatic rings. The third-order valence-electron chi connectivity index (χ3n) is 4.55. The van der Waals surface area contributed by atoms with Crippen molar-refractivity contribution in [1.29, 1.82) is 0 Å². The maximum Gasteiger partial charge on any atom is 0.235 e. The number of rotatable bonds is 9. The first-order valence-electron chi connectivity index (χ1n) is 9.06. The van der Waals surface area contributed by atoms with Crippen molar-refractivity contribution >= 4 is 11.6 Å². The number of aromatic amines is 1. The van der Waals surface area contributed by atoms with Gasteiger partial charge < -0.3 is 24.3 Å². The number of H-pyrrole nitrogens is 1. The topological polar surface area (TPSA) is 120 Å². The van der Waals surface area contributed by atoms with Crippen LogP contribution in [0.4, 0.5) is 5.69 Å². The van der Waals surface area contributed by atoms with Crippen molar-refractivity contribution in [3.05, 3.63) is 47.8 Å². The summed E-state index contributed by atoms with van der Waals surface area (Å²) < 4.78 is 21.3.